The summed E-state index contributed by atoms with van der Waals surface area (Å²) in [4.78, 5) is 6.96. The fourth-order valence-corrected chi connectivity index (χ4v) is 4.56. The number of aromatic nitrogens is 1. The van der Waals surface area contributed by atoms with E-state index < -0.39 is 0 Å². The smallest absolute Gasteiger partial charge is 0.145 e. The number of piperidine rings is 1. The third-order valence-electron chi connectivity index (χ3n) is 5.85. The van der Waals surface area contributed by atoms with Crippen LogP contribution in [0.3, 0.4) is 0 Å². The molecule has 1 aromatic heterocycles. The number of halogens is 1. The second-order valence-corrected chi connectivity index (χ2v) is 8.25. The summed E-state index contributed by atoms with van der Waals surface area (Å²) in [5.74, 6) is 0.817. The molecule has 1 saturated heterocycles. The molecular weight excluding hydrogens is 380 g/mol. The Labute approximate surface area is 178 Å². The van der Waals surface area contributed by atoms with Gasteiger partial charge in [-0.1, -0.05) is 54.4 Å². The van der Waals surface area contributed by atoms with Crippen LogP contribution in [0, 0.1) is 0 Å². The Hall–Kier alpha value is -2.10. The van der Waals surface area contributed by atoms with E-state index in [1.54, 1.807) is 0 Å². The number of ether oxygens (including phenoxy) is 1. The maximum Gasteiger partial charge on any atom is 0.145 e. The first-order valence-electron chi connectivity index (χ1n) is 10.8. The van der Waals surface area contributed by atoms with Gasteiger partial charge in [-0.05, 0) is 68.3 Å². The number of unbranched alkanes of at least 4 members (excludes halogenated alkanes) is 2. The minimum Gasteiger partial charge on any atom is -0.491 e. The minimum atomic E-state index is 0.531. The van der Waals surface area contributed by atoms with Crippen molar-refractivity contribution < 1.29 is 4.74 Å². The highest BCUT2D eigenvalue weighted by atomic mass is 35.5. The lowest BCUT2D eigenvalue weighted by atomic mass is 9.96. The van der Waals surface area contributed by atoms with Gasteiger partial charge in [0.2, 0.25) is 0 Å². The van der Waals surface area contributed by atoms with Gasteiger partial charge in [-0.3, -0.25) is 9.88 Å². The standard InChI is InChI=1S/C25H29ClN2O/c26-23-14-13-20-9-2-3-11-22(20)25(23)29-18-7-1-5-16-28-17-6-4-12-24(28)21-10-8-15-27-19-21/h2-3,8-11,13-15,19,24H,1,4-7,12,16-18H2. The van der Waals surface area contributed by atoms with Crippen LogP contribution in [-0.2, 0) is 0 Å². The summed E-state index contributed by atoms with van der Waals surface area (Å²) in [6.07, 6.45) is 11.2. The molecule has 2 heterocycles. The highest BCUT2D eigenvalue weighted by molar-refractivity contribution is 6.33. The van der Waals surface area contributed by atoms with Gasteiger partial charge in [0.1, 0.15) is 5.75 Å². The zero-order chi connectivity index (χ0) is 19.9. The molecule has 3 nitrogen and oxygen atoms in total. The van der Waals surface area contributed by atoms with Crippen molar-refractivity contribution in [2.24, 2.45) is 0 Å². The van der Waals surface area contributed by atoms with E-state index in [4.69, 9.17) is 16.3 Å². The van der Waals surface area contributed by atoms with Crippen LogP contribution in [0.4, 0.5) is 0 Å². The quantitative estimate of drug-likeness (QED) is 0.389. The third-order valence-corrected chi connectivity index (χ3v) is 6.15. The average Bonchev–Trinajstić information content (AvgIpc) is 2.78. The molecule has 3 aromatic rings. The Morgan fingerprint density at radius 2 is 1.93 bits per heavy atom. The van der Waals surface area contributed by atoms with E-state index in [0.717, 1.165) is 24.1 Å². The molecule has 4 heteroatoms. The summed E-state index contributed by atoms with van der Waals surface area (Å²) in [6.45, 7) is 3.05. The van der Waals surface area contributed by atoms with Crippen molar-refractivity contribution in [3.05, 3.63) is 71.5 Å². The highest BCUT2D eigenvalue weighted by Crippen LogP contribution is 2.34. The van der Waals surface area contributed by atoms with Crippen LogP contribution >= 0.6 is 11.6 Å². The zero-order valence-electron chi connectivity index (χ0n) is 16.9. The Kier molecular flexibility index (Phi) is 7.02. The SMILES string of the molecule is Clc1ccc2ccccc2c1OCCCCCN1CCCCC1c1cccnc1. The van der Waals surface area contributed by atoms with Gasteiger partial charge in [0.15, 0.2) is 0 Å². The van der Waals surface area contributed by atoms with Gasteiger partial charge < -0.3 is 4.74 Å². The molecule has 0 aliphatic carbocycles. The number of hydrogen-bond acceptors (Lipinski definition) is 3. The molecule has 0 N–H and O–H groups in total. The topological polar surface area (TPSA) is 25.4 Å². The summed E-state index contributed by atoms with van der Waals surface area (Å²) in [5.41, 5.74) is 1.36. The molecule has 29 heavy (non-hydrogen) atoms. The van der Waals surface area contributed by atoms with E-state index in [0.29, 0.717) is 17.7 Å². The molecule has 1 atom stereocenters. The van der Waals surface area contributed by atoms with E-state index in [9.17, 15) is 0 Å². The predicted octanol–water partition coefficient (Wildman–Crippen LogP) is 6.66. The Morgan fingerprint density at radius 3 is 2.83 bits per heavy atom. The van der Waals surface area contributed by atoms with Crippen molar-refractivity contribution >= 4 is 22.4 Å². The largest absolute Gasteiger partial charge is 0.491 e. The summed E-state index contributed by atoms with van der Waals surface area (Å²) < 4.78 is 6.08. The number of nitrogens with zero attached hydrogens (tertiary/aromatic N) is 2. The maximum atomic E-state index is 6.38. The van der Waals surface area contributed by atoms with Gasteiger partial charge in [-0.15, -0.1) is 0 Å². The molecule has 152 valence electrons. The fraction of sp³-hybridized carbons (Fsp3) is 0.400. The van der Waals surface area contributed by atoms with Crippen molar-refractivity contribution in [2.75, 3.05) is 19.7 Å². The number of rotatable bonds is 8. The lowest BCUT2D eigenvalue weighted by Crippen LogP contribution is -2.34. The number of pyridine rings is 1. The Bertz CT molecular complexity index is 915. The maximum absolute atomic E-state index is 6.38. The van der Waals surface area contributed by atoms with Gasteiger partial charge in [-0.2, -0.15) is 0 Å². The molecule has 0 amide bonds. The van der Waals surface area contributed by atoms with Gasteiger partial charge >= 0.3 is 0 Å². The Balaban J connectivity index is 1.25. The first-order valence-corrected chi connectivity index (χ1v) is 11.1. The first-order chi connectivity index (χ1) is 14.3. The summed E-state index contributed by atoms with van der Waals surface area (Å²) in [5, 5.41) is 2.95. The zero-order valence-corrected chi connectivity index (χ0v) is 17.7. The molecule has 0 bridgehead atoms. The van der Waals surface area contributed by atoms with Crippen LogP contribution in [0.15, 0.2) is 60.9 Å². The van der Waals surface area contributed by atoms with Gasteiger partial charge in [0.25, 0.3) is 0 Å². The first kappa shape index (κ1) is 20.2. The molecule has 0 spiro atoms. The van der Waals surface area contributed by atoms with Gasteiger partial charge in [0, 0.05) is 23.8 Å². The Morgan fingerprint density at radius 1 is 1.00 bits per heavy atom. The monoisotopic (exact) mass is 408 g/mol. The predicted molar refractivity (Wildman–Crippen MR) is 121 cm³/mol. The van der Waals surface area contributed by atoms with Crippen molar-refractivity contribution in [1.29, 1.82) is 0 Å². The second-order valence-electron chi connectivity index (χ2n) is 7.84. The number of benzene rings is 2. The minimum absolute atomic E-state index is 0.531. The molecule has 1 unspecified atom stereocenters. The summed E-state index contributed by atoms with van der Waals surface area (Å²) in [6, 6.07) is 17.0. The average molecular weight is 409 g/mol. The molecule has 2 aromatic carbocycles. The van der Waals surface area contributed by atoms with Crippen LogP contribution in [0.25, 0.3) is 10.8 Å². The van der Waals surface area contributed by atoms with Crippen molar-refractivity contribution in [2.45, 2.75) is 44.6 Å². The third kappa shape index (κ3) is 5.09. The number of likely N-dealkylation sites (tertiary alicyclic amines) is 1. The van der Waals surface area contributed by atoms with Crippen molar-refractivity contribution in [3.63, 3.8) is 0 Å². The number of fused-ring (bicyclic) bond motifs is 1. The summed E-state index contributed by atoms with van der Waals surface area (Å²) >= 11 is 6.38. The van der Waals surface area contributed by atoms with Crippen LogP contribution in [-0.4, -0.2) is 29.6 Å². The van der Waals surface area contributed by atoms with Crippen LogP contribution in [0.5, 0.6) is 5.75 Å². The lowest BCUT2D eigenvalue weighted by Gasteiger charge is -2.36. The van der Waals surface area contributed by atoms with E-state index in [2.05, 4.69) is 34.1 Å². The molecule has 0 saturated carbocycles. The second kappa shape index (κ2) is 10.1. The number of hydrogen-bond donors (Lipinski definition) is 0. The van der Waals surface area contributed by atoms with Crippen LogP contribution < -0.4 is 4.74 Å². The fourth-order valence-electron chi connectivity index (χ4n) is 4.34. The molecule has 1 aliphatic heterocycles. The normalized spacial score (nSPS) is 17.5. The van der Waals surface area contributed by atoms with Gasteiger partial charge in [-0.25, -0.2) is 0 Å². The van der Waals surface area contributed by atoms with Gasteiger partial charge in [0.05, 0.1) is 11.6 Å². The van der Waals surface area contributed by atoms with E-state index in [-0.39, 0.29) is 0 Å². The van der Waals surface area contributed by atoms with E-state index >= 15 is 0 Å². The lowest BCUT2D eigenvalue weighted by molar-refractivity contribution is 0.144. The molecule has 0 radical (unpaired) electrons. The molecular formula is C25H29ClN2O. The van der Waals surface area contributed by atoms with Crippen molar-refractivity contribution in [3.8, 4) is 5.75 Å². The molecule has 1 aliphatic rings. The van der Waals surface area contributed by atoms with Crippen LogP contribution in [0.1, 0.15) is 50.1 Å². The summed E-state index contributed by atoms with van der Waals surface area (Å²) in [7, 11) is 0. The van der Waals surface area contributed by atoms with Crippen LogP contribution in [0.2, 0.25) is 5.02 Å². The van der Waals surface area contributed by atoms with E-state index in [1.807, 2.05) is 36.7 Å². The van der Waals surface area contributed by atoms with Crippen molar-refractivity contribution in [1.82, 2.24) is 9.88 Å². The molecule has 4 rings (SSSR count). The molecule has 1 fully saturated rings. The van der Waals surface area contributed by atoms with E-state index in [1.165, 1.54) is 49.6 Å². The highest BCUT2D eigenvalue weighted by Gasteiger charge is 2.23.